The molecule has 11 nitrogen and oxygen atoms in total. The largest absolute Gasteiger partial charge is 0.747 e. The molecule has 0 bridgehead atoms. The van der Waals surface area contributed by atoms with Gasteiger partial charge in [-0.2, -0.15) is 61.5 Å². The van der Waals surface area contributed by atoms with Crippen molar-refractivity contribution in [3.05, 3.63) is 7.43 Å². The minimum Gasteiger partial charge on any atom is -0.747 e. The van der Waals surface area contributed by atoms with E-state index >= 15 is 0 Å². The predicted molar refractivity (Wildman–Crippen MR) is 120 cm³/mol. The number of carboxylic acid groups (broad SMARTS) is 1. The lowest BCUT2D eigenvalue weighted by atomic mass is 10.0. The smallest absolute Gasteiger partial charge is 0.459 e. The first-order valence-corrected chi connectivity index (χ1v) is 13.1. The van der Waals surface area contributed by atoms with E-state index < -0.39 is 120 Å². The zero-order valence-corrected chi connectivity index (χ0v) is 24.4. The Kier molecular flexibility index (Phi) is 15.8. The Hall–Kier alpha value is -2.87. The summed E-state index contributed by atoms with van der Waals surface area (Å²) in [4.78, 5) is 36.0. The van der Waals surface area contributed by atoms with Crippen LogP contribution in [0.3, 0.4) is 0 Å². The van der Waals surface area contributed by atoms with Crippen LogP contribution in [0, 0.1) is 13.3 Å². The lowest BCUT2D eigenvalue weighted by Crippen LogP contribution is -2.54. The summed E-state index contributed by atoms with van der Waals surface area (Å²) in [5.74, 6) is -34.5. The van der Waals surface area contributed by atoms with E-state index in [2.05, 4.69) is 18.9 Å². The molecule has 0 aliphatic carbocycles. The van der Waals surface area contributed by atoms with Crippen molar-refractivity contribution in [2.24, 2.45) is 5.92 Å². The van der Waals surface area contributed by atoms with Crippen molar-refractivity contribution in [2.75, 3.05) is 26.4 Å². The van der Waals surface area contributed by atoms with Gasteiger partial charge in [-0.15, -0.1) is 0 Å². The zero-order valence-electron chi connectivity index (χ0n) is 23.6. The van der Waals surface area contributed by atoms with E-state index in [0.29, 0.717) is 13.8 Å². The van der Waals surface area contributed by atoms with Crippen LogP contribution in [-0.4, -0.2) is 116 Å². The quantitative estimate of drug-likeness (QED) is 0.0932. The highest BCUT2D eigenvalue weighted by atomic mass is 32.2. The van der Waals surface area contributed by atoms with Gasteiger partial charge in [0.15, 0.2) is 5.25 Å². The highest BCUT2D eigenvalue weighted by Gasteiger charge is 2.74. The van der Waals surface area contributed by atoms with E-state index in [1.807, 2.05) is 0 Å². The number of esters is 2. The van der Waals surface area contributed by atoms with Crippen LogP contribution in [0.2, 0.25) is 0 Å². The summed E-state index contributed by atoms with van der Waals surface area (Å²) >= 11 is 0. The summed E-state index contributed by atoms with van der Waals surface area (Å²) in [6, 6.07) is 0. The molecule has 0 radical (unpaired) electrons. The van der Waals surface area contributed by atoms with Gasteiger partial charge in [-0.05, 0) is 13.8 Å². The molecule has 0 heterocycles. The summed E-state index contributed by atoms with van der Waals surface area (Å²) in [6.07, 6.45) is -19.3. The fraction of sp³-hybridized carbons (Fsp3) is 0.810. The fourth-order valence-corrected chi connectivity index (χ4v) is 3.81. The third kappa shape index (κ3) is 12.3. The van der Waals surface area contributed by atoms with Gasteiger partial charge in [0.1, 0.15) is 35.5 Å². The number of carbonyl (C=O) groups excluding carboxylic acids is 2. The molecule has 4 atom stereocenters. The normalized spacial score (nSPS) is 16.4. The molecule has 1 N–H and O–H groups in total. The Bertz CT molecular complexity index is 1170. The van der Waals surface area contributed by atoms with Gasteiger partial charge in [0.05, 0.1) is 25.6 Å². The average Bonchev–Trinajstić information content (AvgIpc) is 2.80. The van der Waals surface area contributed by atoms with E-state index in [1.165, 1.54) is 0 Å². The number of carbonyl (C=O) groups is 3. The predicted octanol–water partition coefficient (Wildman–Crippen LogP) is 4.00. The lowest BCUT2D eigenvalue weighted by Gasteiger charge is -2.29. The molecule has 0 aromatic heterocycles. The second-order valence-electron chi connectivity index (χ2n) is 9.20. The second-order valence-corrected chi connectivity index (χ2v) is 10.7. The number of hydrogen-bond acceptors (Lipinski definition) is 10. The van der Waals surface area contributed by atoms with Crippen LogP contribution < -0.4 is 0 Å². The van der Waals surface area contributed by atoms with Crippen LogP contribution >= 0.6 is 0 Å². The zero-order chi connectivity index (χ0) is 36.9. The number of rotatable bonds is 18. The van der Waals surface area contributed by atoms with Crippen LogP contribution in [0.4, 0.5) is 61.5 Å². The lowest BCUT2D eigenvalue weighted by molar-refractivity contribution is -0.361. The molecular weight excluding hydrogens is 726 g/mol. The second kappa shape index (κ2) is 16.0. The Morgan fingerprint density at radius 3 is 1.28 bits per heavy atom. The topological polar surface area (TPSA) is 166 Å². The third-order valence-corrected chi connectivity index (χ3v) is 6.29. The van der Waals surface area contributed by atoms with Crippen LogP contribution in [-0.2, 0) is 43.4 Å². The summed E-state index contributed by atoms with van der Waals surface area (Å²) in [5, 5.41) is 5.58. The van der Waals surface area contributed by atoms with Crippen LogP contribution in [0.5, 0.6) is 0 Å². The molecule has 0 spiro atoms. The van der Waals surface area contributed by atoms with Gasteiger partial charge in [-0.3, -0.25) is 14.4 Å². The van der Waals surface area contributed by atoms with Crippen molar-refractivity contribution in [2.45, 2.75) is 73.8 Å². The highest BCUT2D eigenvalue weighted by molar-refractivity contribution is 7.87. The summed E-state index contributed by atoms with van der Waals surface area (Å²) in [5.41, 5.74) is 0. The van der Waals surface area contributed by atoms with E-state index in [-0.39, 0.29) is 7.43 Å². The summed E-state index contributed by atoms with van der Waals surface area (Å²) < 4.78 is 230. The molecule has 0 aromatic rings. The van der Waals surface area contributed by atoms with Crippen LogP contribution in [0.15, 0.2) is 0 Å². The maximum Gasteiger partial charge on any atom is 0.459 e. The molecule has 0 aromatic carbocycles. The van der Waals surface area contributed by atoms with Crippen molar-refractivity contribution in [3.63, 3.8) is 0 Å². The molecule has 0 aliphatic heterocycles. The van der Waals surface area contributed by atoms with Gasteiger partial charge in [0, 0.05) is 7.43 Å². The minimum atomic E-state index is -6.74. The van der Waals surface area contributed by atoms with Gasteiger partial charge in [0.25, 0.3) is 0 Å². The first-order valence-electron chi connectivity index (χ1n) is 11.6. The van der Waals surface area contributed by atoms with Gasteiger partial charge in [0.2, 0.25) is 0 Å². The van der Waals surface area contributed by atoms with Crippen molar-refractivity contribution >= 4 is 28.0 Å². The van der Waals surface area contributed by atoms with Gasteiger partial charge in [-0.25, -0.2) is 8.42 Å². The molecule has 0 aliphatic rings. The Labute approximate surface area is 255 Å². The molecule has 47 heavy (non-hydrogen) atoms. The molecule has 0 fully saturated rings. The van der Waals surface area contributed by atoms with Gasteiger partial charge in [-0.1, -0.05) is 0 Å². The van der Waals surface area contributed by atoms with Crippen molar-refractivity contribution in [1.29, 1.82) is 0 Å². The first-order chi connectivity index (χ1) is 20.2. The number of carboxylic acids is 1. The number of halogens is 14. The van der Waals surface area contributed by atoms with Gasteiger partial charge >= 0.3 is 54.0 Å². The number of aliphatic carboxylic acids is 1. The number of ether oxygens (including phenoxy) is 4. The molecule has 0 saturated heterocycles. The van der Waals surface area contributed by atoms with E-state index in [0.717, 1.165) is 0 Å². The molecular formula is C21H24F14O11S. The van der Waals surface area contributed by atoms with Crippen LogP contribution in [0.1, 0.15) is 20.3 Å². The Morgan fingerprint density at radius 2 is 1.00 bits per heavy atom. The maximum atomic E-state index is 13.3. The van der Waals surface area contributed by atoms with Crippen molar-refractivity contribution in [1.82, 2.24) is 0 Å². The number of alkyl halides is 14. The molecule has 0 saturated carbocycles. The molecule has 0 rings (SSSR count). The first kappa shape index (κ1) is 46.2. The van der Waals surface area contributed by atoms with Crippen LogP contribution in [0.25, 0.3) is 0 Å². The summed E-state index contributed by atoms with van der Waals surface area (Å²) in [7, 11) is -6.18. The monoisotopic (exact) mass is 750 g/mol. The maximum absolute atomic E-state index is 13.3. The van der Waals surface area contributed by atoms with Crippen molar-refractivity contribution in [3.8, 4) is 0 Å². The molecule has 0 amide bonds. The number of hydrogen-bond donors (Lipinski definition) is 1. The standard InChI is InChI=1S/C20H22F14O11S.CH3/c1-8(4-42-6-15(21,22)17(25,26)19(29,30)31)44-13(37)10(3-11(35)36)12(46(39,40)41)14(38)45-9(2)5-43-7-16(23,24)18(27,28)20(32,33)34;/h8-10,12H,3-7H2,1-2H3,(H,35,36)(H,39,40,41);1H3/q;+1/p-1. The Balaban J connectivity index is 0. The average molecular weight is 750 g/mol. The Morgan fingerprint density at radius 1 is 0.681 bits per heavy atom. The fourth-order valence-electron chi connectivity index (χ4n) is 2.91. The third-order valence-electron chi connectivity index (χ3n) is 5.14. The highest BCUT2D eigenvalue weighted by Crippen LogP contribution is 2.47. The van der Waals surface area contributed by atoms with E-state index in [4.69, 9.17) is 5.11 Å². The SMILES string of the molecule is CC(COCC(F)(F)C(F)(F)C(F)(F)F)OC(=O)C(CC(=O)O)C(C(=O)OC(C)COCC(F)(F)C(F)(F)C(F)(F)F)S(=O)(=O)[O-].[CH3+]. The van der Waals surface area contributed by atoms with E-state index in [9.17, 15) is 88.8 Å². The minimum absolute atomic E-state index is 0. The molecule has 278 valence electrons. The van der Waals surface area contributed by atoms with Crippen molar-refractivity contribution < 1.29 is 113 Å². The van der Waals surface area contributed by atoms with E-state index in [1.54, 1.807) is 0 Å². The molecule has 26 heteroatoms. The van der Waals surface area contributed by atoms with Gasteiger partial charge < -0.3 is 28.6 Å². The summed E-state index contributed by atoms with van der Waals surface area (Å²) in [6.45, 7) is -6.97. The molecule has 4 unspecified atom stereocenters.